The predicted molar refractivity (Wildman–Crippen MR) is 168 cm³/mol. The van der Waals surface area contributed by atoms with E-state index in [1.807, 2.05) is 0 Å². The Kier molecular flexibility index (Phi) is 10.3. The normalized spacial score (nSPS) is 19.6. The highest BCUT2D eigenvalue weighted by atomic mass is 32.2. The molecule has 3 aromatic rings. The summed E-state index contributed by atoms with van der Waals surface area (Å²) in [7, 11) is -2.53. The molecule has 10 nitrogen and oxygen atoms in total. The molecule has 0 radical (unpaired) electrons. The minimum Gasteiger partial charge on any atom is -0.495 e. The van der Waals surface area contributed by atoms with E-state index in [4.69, 9.17) is 9.47 Å². The first-order valence-electron chi connectivity index (χ1n) is 15.2. The molecule has 0 unspecified atom stereocenters. The summed E-state index contributed by atoms with van der Waals surface area (Å²) >= 11 is 0. The first-order chi connectivity index (χ1) is 22.2. The number of piperidine rings is 1. The third-order valence-corrected chi connectivity index (χ3v) is 9.65. The SMILES string of the molecule is COc1cc(S(C)(=O)=O)c(F)cc1NCC#Cc1cc(C(=O)N[C@H]2CCN(C3CCOCC3)C[C@@H]2C)c2ncn(CC(F)(F)F)c2c1. The minimum absolute atomic E-state index is 0.0569. The van der Waals surface area contributed by atoms with Gasteiger partial charge in [-0.25, -0.2) is 17.8 Å². The largest absolute Gasteiger partial charge is 0.495 e. The third-order valence-electron chi connectivity index (χ3n) is 8.53. The molecule has 1 aromatic heterocycles. The van der Waals surface area contributed by atoms with Crippen LogP contribution in [0.2, 0.25) is 0 Å². The number of sulfone groups is 1. The van der Waals surface area contributed by atoms with Gasteiger partial charge in [0.25, 0.3) is 5.91 Å². The number of fused-ring (bicyclic) bond motifs is 1. The van der Waals surface area contributed by atoms with Gasteiger partial charge in [-0.2, -0.15) is 13.2 Å². The summed E-state index contributed by atoms with van der Waals surface area (Å²) in [6.07, 6.45) is 0.112. The van der Waals surface area contributed by atoms with Crippen molar-refractivity contribution < 1.29 is 40.2 Å². The van der Waals surface area contributed by atoms with E-state index in [0.29, 0.717) is 6.04 Å². The summed E-state index contributed by atoms with van der Waals surface area (Å²) in [5.74, 6) is 4.50. The fourth-order valence-corrected chi connectivity index (χ4v) is 6.89. The zero-order chi connectivity index (χ0) is 33.9. The number of likely N-dealkylation sites (tertiary alicyclic amines) is 1. The lowest BCUT2D eigenvalue weighted by Gasteiger charge is -2.42. The monoisotopic (exact) mass is 679 g/mol. The Morgan fingerprint density at radius 2 is 1.91 bits per heavy atom. The van der Waals surface area contributed by atoms with Crippen LogP contribution in [-0.4, -0.2) is 93.2 Å². The molecule has 5 rings (SSSR count). The number of imidazole rings is 1. The molecule has 2 aliphatic rings. The molecule has 2 atom stereocenters. The molecule has 2 saturated heterocycles. The number of rotatable bonds is 8. The number of aromatic nitrogens is 2. The number of hydrogen-bond donors (Lipinski definition) is 2. The van der Waals surface area contributed by atoms with Gasteiger partial charge in [-0.05, 0) is 37.3 Å². The number of benzene rings is 2. The lowest BCUT2D eigenvalue weighted by Crippen LogP contribution is -2.53. The van der Waals surface area contributed by atoms with Crippen LogP contribution in [0.1, 0.15) is 42.1 Å². The summed E-state index contributed by atoms with van der Waals surface area (Å²) in [5, 5.41) is 5.95. The summed E-state index contributed by atoms with van der Waals surface area (Å²) in [5.41, 5.74) is 0.784. The number of carbonyl (C=O) groups is 1. The van der Waals surface area contributed by atoms with E-state index in [9.17, 15) is 30.8 Å². The van der Waals surface area contributed by atoms with Crippen molar-refractivity contribution in [3.63, 3.8) is 0 Å². The molecule has 0 aliphatic carbocycles. The molecule has 0 spiro atoms. The van der Waals surface area contributed by atoms with Crippen LogP contribution in [0.15, 0.2) is 35.5 Å². The van der Waals surface area contributed by atoms with E-state index in [1.165, 1.54) is 19.2 Å². The van der Waals surface area contributed by atoms with Gasteiger partial charge < -0.3 is 24.7 Å². The first kappa shape index (κ1) is 34.5. The number of alkyl halides is 3. The van der Waals surface area contributed by atoms with E-state index >= 15 is 0 Å². The van der Waals surface area contributed by atoms with Crippen LogP contribution in [0, 0.1) is 23.6 Å². The zero-order valence-corrected chi connectivity index (χ0v) is 27.1. The maximum Gasteiger partial charge on any atom is 0.406 e. The number of ether oxygens (including phenoxy) is 2. The van der Waals surface area contributed by atoms with Crippen molar-refractivity contribution in [2.45, 2.75) is 55.9 Å². The van der Waals surface area contributed by atoms with Crippen LogP contribution in [0.25, 0.3) is 11.0 Å². The van der Waals surface area contributed by atoms with E-state index in [-0.39, 0.29) is 52.1 Å². The van der Waals surface area contributed by atoms with Crippen LogP contribution >= 0.6 is 0 Å². The molecule has 2 N–H and O–H groups in total. The van der Waals surface area contributed by atoms with Gasteiger partial charge in [0.2, 0.25) is 0 Å². The van der Waals surface area contributed by atoms with Crippen molar-refractivity contribution >= 4 is 32.5 Å². The summed E-state index contributed by atoms with van der Waals surface area (Å²) < 4.78 is 89.9. The topological polar surface area (TPSA) is 115 Å². The van der Waals surface area contributed by atoms with Crippen molar-refractivity contribution in [2.75, 3.05) is 51.5 Å². The first-order valence-corrected chi connectivity index (χ1v) is 17.1. The summed E-state index contributed by atoms with van der Waals surface area (Å²) in [6, 6.07) is 5.31. The predicted octanol–water partition coefficient (Wildman–Crippen LogP) is 4.23. The number of hydrogen-bond acceptors (Lipinski definition) is 8. The summed E-state index contributed by atoms with van der Waals surface area (Å²) in [4.78, 5) is 19.8. The second-order valence-electron chi connectivity index (χ2n) is 12.0. The Hall–Kier alpha value is -3.87. The molecule has 2 aromatic carbocycles. The maximum atomic E-state index is 14.5. The molecule has 0 bridgehead atoms. The molecule has 3 heterocycles. The van der Waals surface area contributed by atoms with Gasteiger partial charge in [-0.15, -0.1) is 0 Å². The number of halogens is 4. The second kappa shape index (κ2) is 14.1. The molecule has 254 valence electrons. The number of nitrogens with zero attached hydrogens (tertiary/aromatic N) is 3. The van der Waals surface area contributed by atoms with Crippen molar-refractivity contribution in [3.05, 3.63) is 47.5 Å². The lowest BCUT2D eigenvalue weighted by molar-refractivity contribution is -0.139. The van der Waals surface area contributed by atoms with E-state index in [1.54, 1.807) is 0 Å². The number of carbonyl (C=O) groups excluding carboxylic acids is 1. The van der Waals surface area contributed by atoms with Crippen LogP contribution in [0.4, 0.5) is 23.2 Å². The van der Waals surface area contributed by atoms with Gasteiger partial charge in [0.05, 0.1) is 36.7 Å². The third kappa shape index (κ3) is 8.35. The highest BCUT2D eigenvalue weighted by molar-refractivity contribution is 7.90. The highest BCUT2D eigenvalue weighted by Gasteiger charge is 2.33. The van der Waals surface area contributed by atoms with Crippen LogP contribution in [0.5, 0.6) is 5.75 Å². The van der Waals surface area contributed by atoms with Crippen LogP contribution < -0.4 is 15.4 Å². The van der Waals surface area contributed by atoms with Gasteiger partial charge in [0, 0.05) is 62.3 Å². The highest BCUT2D eigenvalue weighted by Crippen LogP contribution is 2.30. The second-order valence-corrected chi connectivity index (χ2v) is 14.0. The van der Waals surface area contributed by atoms with Gasteiger partial charge in [-0.1, -0.05) is 18.8 Å². The average Bonchev–Trinajstić information content (AvgIpc) is 3.40. The number of anilines is 1. The molecule has 1 amide bonds. The molecule has 0 saturated carbocycles. The van der Waals surface area contributed by atoms with E-state index in [0.717, 1.165) is 74.8 Å². The van der Waals surface area contributed by atoms with Gasteiger partial charge in [0.1, 0.15) is 28.5 Å². The van der Waals surface area contributed by atoms with E-state index in [2.05, 4.69) is 39.3 Å². The fourth-order valence-electron chi connectivity index (χ4n) is 6.16. The molecular formula is C32H37F4N5O5S. The van der Waals surface area contributed by atoms with Crippen molar-refractivity contribution in [3.8, 4) is 17.6 Å². The fraction of sp³-hybridized carbons (Fsp3) is 0.500. The van der Waals surface area contributed by atoms with Crippen LogP contribution in [-0.2, 0) is 21.1 Å². The standard InChI is InChI=1S/C32H37F4N5O5S/c1-20-17-40(22-7-11-46-12-8-22)10-6-25(20)39-31(42)23-13-21(14-27-30(23)38-19-41(27)18-32(34,35)36)5-4-9-37-26-15-24(33)29(47(3,43)44)16-28(26)45-2/h13-16,19-20,22,25,37H,6-12,17-18H2,1-3H3,(H,39,42)/t20-,25-/m0/s1. The van der Waals surface area contributed by atoms with Gasteiger partial charge in [-0.3, -0.25) is 9.69 Å². The van der Waals surface area contributed by atoms with Crippen molar-refractivity contribution in [1.82, 2.24) is 19.8 Å². The van der Waals surface area contributed by atoms with Gasteiger partial charge in [0.15, 0.2) is 9.84 Å². The number of amides is 1. The number of methoxy groups -OCH3 is 1. The number of nitrogens with one attached hydrogen (secondary N) is 2. The quantitative estimate of drug-likeness (QED) is 0.269. The Morgan fingerprint density at radius 1 is 1.17 bits per heavy atom. The van der Waals surface area contributed by atoms with Crippen molar-refractivity contribution in [2.24, 2.45) is 5.92 Å². The Bertz CT molecular complexity index is 1790. The Labute approximate surface area is 270 Å². The van der Waals surface area contributed by atoms with Gasteiger partial charge >= 0.3 is 6.18 Å². The Balaban J connectivity index is 1.36. The molecule has 15 heteroatoms. The molecule has 2 aliphatic heterocycles. The molecule has 47 heavy (non-hydrogen) atoms. The average molecular weight is 680 g/mol. The lowest BCUT2D eigenvalue weighted by atomic mass is 9.91. The van der Waals surface area contributed by atoms with Crippen LogP contribution in [0.3, 0.4) is 0 Å². The smallest absolute Gasteiger partial charge is 0.406 e. The minimum atomic E-state index is -4.52. The molecular weight excluding hydrogens is 642 g/mol. The maximum absolute atomic E-state index is 14.5. The molecule has 2 fully saturated rings. The zero-order valence-electron chi connectivity index (χ0n) is 26.3. The van der Waals surface area contributed by atoms with Crippen molar-refractivity contribution in [1.29, 1.82) is 0 Å². The van der Waals surface area contributed by atoms with E-state index < -0.39 is 39.2 Å². The Morgan fingerprint density at radius 3 is 2.57 bits per heavy atom. The summed E-state index contributed by atoms with van der Waals surface area (Å²) in [6.45, 7) is 3.85.